The number of anilines is 1. The summed E-state index contributed by atoms with van der Waals surface area (Å²) in [5.41, 5.74) is 0. The van der Waals surface area contributed by atoms with Crippen LogP contribution in [0.1, 0.15) is 32.1 Å². The second kappa shape index (κ2) is 4.61. The first-order chi connectivity index (χ1) is 7.31. The Labute approximate surface area is 89.9 Å². The highest BCUT2D eigenvalue weighted by Gasteiger charge is 2.22. The zero-order valence-corrected chi connectivity index (χ0v) is 9.36. The van der Waals surface area contributed by atoms with Gasteiger partial charge in [0.05, 0.1) is 6.54 Å². The van der Waals surface area contributed by atoms with Gasteiger partial charge in [0.1, 0.15) is 0 Å². The molecule has 1 fully saturated rings. The van der Waals surface area contributed by atoms with Crippen molar-refractivity contribution in [2.45, 2.75) is 38.8 Å². The third-order valence-electron chi connectivity index (χ3n) is 2.83. The van der Waals surface area contributed by atoms with Gasteiger partial charge in [-0.2, -0.15) is 0 Å². The smallest absolute Gasteiger partial charge is 0.318 e. The van der Waals surface area contributed by atoms with Crippen LogP contribution in [0.3, 0.4) is 0 Å². The Kier molecular flexibility index (Phi) is 3.20. The first-order valence-electron chi connectivity index (χ1n) is 5.55. The van der Waals surface area contributed by atoms with E-state index in [4.69, 9.17) is 4.42 Å². The summed E-state index contributed by atoms with van der Waals surface area (Å²) in [5, 5.41) is 11.1. The second-order valence-electron chi connectivity index (χ2n) is 4.05. The molecule has 0 amide bonds. The number of rotatable bonds is 3. The zero-order chi connectivity index (χ0) is 10.7. The molecule has 1 aromatic rings. The van der Waals surface area contributed by atoms with Gasteiger partial charge in [-0.15, -0.1) is 5.10 Å². The standard InChI is InChI=1S/C10H18N4O/c1-8-5-3-4-6-14(8)10-13-12-9(15-10)7-11-2/h8,11H,3-7H2,1-2H3. The molecule has 0 bridgehead atoms. The zero-order valence-electron chi connectivity index (χ0n) is 9.36. The number of piperidine rings is 1. The van der Waals surface area contributed by atoms with Crippen LogP contribution in [0.4, 0.5) is 6.01 Å². The number of hydrogen-bond donors (Lipinski definition) is 1. The monoisotopic (exact) mass is 210 g/mol. The lowest BCUT2D eigenvalue weighted by Crippen LogP contribution is -2.37. The van der Waals surface area contributed by atoms with Crippen LogP contribution in [0.5, 0.6) is 0 Å². The van der Waals surface area contributed by atoms with Crippen LogP contribution in [-0.2, 0) is 6.54 Å². The third-order valence-corrected chi connectivity index (χ3v) is 2.83. The van der Waals surface area contributed by atoms with Gasteiger partial charge in [0.2, 0.25) is 5.89 Å². The second-order valence-corrected chi connectivity index (χ2v) is 4.05. The highest BCUT2D eigenvalue weighted by molar-refractivity contribution is 5.26. The number of nitrogens with zero attached hydrogens (tertiary/aromatic N) is 3. The average molecular weight is 210 g/mol. The molecule has 0 saturated carbocycles. The van der Waals surface area contributed by atoms with E-state index < -0.39 is 0 Å². The molecule has 84 valence electrons. The summed E-state index contributed by atoms with van der Waals surface area (Å²) < 4.78 is 5.58. The summed E-state index contributed by atoms with van der Waals surface area (Å²) in [6, 6.07) is 1.19. The van der Waals surface area contributed by atoms with Crippen molar-refractivity contribution in [3.05, 3.63) is 5.89 Å². The molecule has 5 nitrogen and oxygen atoms in total. The van der Waals surface area contributed by atoms with Crippen LogP contribution in [0.25, 0.3) is 0 Å². The molecule has 15 heavy (non-hydrogen) atoms. The maximum Gasteiger partial charge on any atom is 0.318 e. The highest BCUT2D eigenvalue weighted by Crippen LogP contribution is 2.22. The predicted octanol–water partition coefficient (Wildman–Crippen LogP) is 1.17. The molecule has 0 aliphatic carbocycles. The Morgan fingerprint density at radius 2 is 2.33 bits per heavy atom. The number of aromatic nitrogens is 2. The van der Waals surface area contributed by atoms with E-state index in [0.717, 1.165) is 6.54 Å². The van der Waals surface area contributed by atoms with Crippen molar-refractivity contribution in [1.82, 2.24) is 15.5 Å². The van der Waals surface area contributed by atoms with Crippen molar-refractivity contribution in [1.29, 1.82) is 0 Å². The van der Waals surface area contributed by atoms with Crippen molar-refractivity contribution < 1.29 is 4.42 Å². The normalized spacial score (nSPS) is 22.0. The van der Waals surface area contributed by atoms with E-state index >= 15 is 0 Å². The van der Waals surface area contributed by atoms with Crippen LogP contribution in [0.15, 0.2) is 4.42 Å². The van der Waals surface area contributed by atoms with Gasteiger partial charge in [-0.3, -0.25) is 0 Å². The summed E-state index contributed by atoms with van der Waals surface area (Å²) in [5.74, 6) is 0.658. The van der Waals surface area contributed by atoms with Crippen molar-refractivity contribution in [2.75, 3.05) is 18.5 Å². The fourth-order valence-corrected chi connectivity index (χ4v) is 1.97. The molecule has 2 rings (SSSR count). The van der Waals surface area contributed by atoms with E-state index in [2.05, 4.69) is 27.3 Å². The van der Waals surface area contributed by atoms with Crippen molar-refractivity contribution in [3.8, 4) is 0 Å². The van der Waals surface area contributed by atoms with E-state index in [1.54, 1.807) is 0 Å². The predicted molar refractivity (Wildman–Crippen MR) is 57.7 cm³/mol. The third kappa shape index (κ3) is 2.28. The van der Waals surface area contributed by atoms with Gasteiger partial charge in [0, 0.05) is 12.6 Å². The number of hydrogen-bond acceptors (Lipinski definition) is 5. The minimum atomic E-state index is 0.515. The first-order valence-corrected chi connectivity index (χ1v) is 5.55. The minimum absolute atomic E-state index is 0.515. The van der Waals surface area contributed by atoms with Crippen molar-refractivity contribution >= 4 is 6.01 Å². The lowest BCUT2D eigenvalue weighted by Gasteiger charge is -2.31. The van der Waals surface area contributed by atoms with Crippen molar-refractivity contribution in [2.24, 2.45) is 0 Å². The summed E-state index contributed by atoms with van der Waals surface area (Å²) in [7, 11) is 1.87. The summed E-state index contributed by atoms with van der Waals surface area (Å²) >= 11 is 0. The topological polar surface area (TPSA) is 54.2 Å². The van der Waals surface area contributed by atoms with E-state index in [0.29, 0.717) is 24.5 Å². The Balaban J connectivity index is 2.06. The Hall–Kier alpha value is -1.10. The molecule has 5 heteroatoms. The molecule has 1 unspecified atom stereocenters. The molecule has 0 aromatic carbocycles. The quantitative estimate of drug-likeness (QED) is 0.811. The molecular weight excluding hydrogens is 192 g/mol. The van der Waals surface area contributed by atoms with Crippen molar-refractivity contribution in [3.63, 3.8) is 0 Å². The average Bonchev–Trinajstić information content (AvgIpc) is 2.68. The largest absolute Gasteiger partial charge is 0.407 e. The number of nitrogens with one attached hydrogen (secondary N) is 1. The molecule has 1 N–H and O–H groups in total. The Bertz CT molecular complexity index is 312. The lowest BCUT2D eigenvalue weighted by atomic mass is 10.0. The fourth-order valence-electron chi connectivity index (χ4n) is 1.97. The van der Waals surface area contributed by atoms with Crippen LogP contribution in [0, 0.1) is 0 Å². The van der Waals surface area contributed by atoms with Gasteiger partial charge >= 0.3 is 6.01 Å². The molecule has 0 radical (unpaired) electrons. The summed E-state index contributed by atoms with van der Waals surface area (Å²) in [6.45, 7) is 3.87. The SMILES string of the molecule is CNCc1nnc(N2CCCCC2C)o1. The lowest BCUT2D eigenvalue weighted by molar-refractivity contribution is 0.416. The molecule has 1 aromatic heterocycles. The van der Waals surface area contributed by atoms with Gasteiger partial charge in [0.25, 0.3) is 0 Å². The summed E-state index contributed by atoms with van der Waals surface area (Å²) in [6.07, 6.45) is 3.73. The van der Waals surface area contributed by atoms with E-state index in [1.807, 2.05) is 7.05 Å². The van der Waals surface area contributed by atoms with E-state index in [-0.39, 0.29) is 0 Å². The Morgan fingerprint density at radius 1 is 1.47 bits per heavy atom. The molecule has 0 spiro atoms. The molecule has 1 atom stereocenters. The first kappa shape index (κ1) is 10.4. The highest BCUT2D eigenvalue weighted by atomic mass is 16.4. The fraction of sp³-hybridized carbons (Fsp3) is 0.800. The maximum atomic E-state index is 5.58. The van der Waals surface area contributed by atoms with Gasteiger partial charge < -0.3 is 14.6 Å². The Morgan fingerprint density at radius 3 is 3.07 bits per heavy atom. The van der Waals surface area contributed by atoms with E-state index in [9.17, 15) is 0 Å². The van der Waals surface area contributed by atoms with Gasteiger partial charge in [-0.25, -0.2) is 0 Å². The molecule has 2 heterocycles. The molecule has 1 aliphatic heterocycles. The molecule has 1 aliphatic rings. The van der Waals surface area contributed by atoms with Crippen LogP contribution in [-0.4, -0.2) is 29.8 Å². The van der Waals surface area contributed by atoms with Gasteiger partial charge in [-0.1, -0.05) is 5.10 Å². The van der Waals surface area contributed by atoms with E-state index in [1.165, 1.54) is 19.3 Å². The molecule has 1 saturated heterocycles. The van der Waals surface area contributed by atoms with Crippen LogP contribution < -0.4 is 10.2 Å². The van der Waals surface area contributed by atoms with Gasteiger partial charge in [-0.05, 0) is 33.2 Å². The molecular formula is C10H18N4O. The van der Waals surface area contributed by atoms with Crippen LogP contribution in [0.2, 0.25) is 0 Å². The maximum absolute atomic E-state index is 5.58. The van der Waals surface area contributed by atoms with Gasteiger partial charge in [0.15, 0.2) is 0 Å². The van der Waals surface area contributed by atoms with Crippen LogP contribution >= 0.6 is 0 Å². The summed E-state index contributed by atoms with van der Waals surface area (Å²) in [4.78, 5) is 2.20. The minimum Gasteiger partial charge on any atom is -0.407 e.